The maximum Gasteiger partial charge on any atom is 0.488 e. The lowest BCUT2D eigenvalue weighted by atomic mass is 9.80. The van der Waals surface area contributed by atoms with Crippen LogP contribution in [0.5, 0.6) is 0 Å². The van der Waals surface area contributed by atoms with Gasteiger partial charge in [0.2, 0.25) is 0 Å². The highest BCUT2D eigenvalue weighted by Gasteiger charge is 2.21. The highest BCUT2D eigenvalue weighted by Crippen LogP contribution is 2.41. The molecule has 115 heavy (non-hydrogen) atoms. The van der Waals surface area contributed by atoms with Gasteiger partial charge in [0.25, 0.3) is 0 Å². The first-order valence-electron chi connectivity index (χ1n) is 38.4. The summed E-state index contributed by atoms with van der Waals surface area (Å²) in [6, 6.07) is 127. The summed E-state index contributed by atoms with van der Waals surface area (Å²) in [5, 5.41) is 84.3. The van der Waals surface area contributed by atoms with E-state index in [-0.39, 0.29) is 0 Å². The van der Waals surface area contributed by atoms with Crippen molar-refractivity contribution in [1.29, 1.82) is 0 Å². The lowest BCUT2D eigenvalue weighted by Crippen LogP contribution is -2.29. The number of hydrogen-bond acceptors (Lipinski definition) is 8. The zero-order chi connectivity index (χ0) is 78.8. The van der Waals surface area contributed by atoms with Crippen LogP contribution in [0.4, 0.5) is 0 Å². The molecule has 0 saturated carbocycles. The molecule has 0 amide bonds. The van der Waals surface area contributed by atoms with Gasteiger partial charge in [-0.2, -0.15) is 0 Å². The number of fused-ring (bicyclic) bond motifs is 12. The van der Waals surface area contributed by atoms with Crippen LogP contribution in [0, 0.1) is 0 Å². The molecule has 0 aliphatic heterocycles. The number of rotatable bonds is 13. The molecule has 16 aromatic carbocycles. The fourth-order valence-corrected chi connectivity index (χ4v) is 16.1. The van der Waals surface area contributed by atoms with Crippen molar-refractivity contribution in [2.75, 3.05) is 0 Å². The van der Waals surface area contributed by atoms with E-state index in [2.05, 4.69) is 293 Å². The molecule has 0 bridgehead atoms. The van der Waals surface area contributed by atoms with Crippen molar-refractivity contribution in [2.24, 2.45) is 7.05 Å². The summed E-state index contributed by atoms with van der Waals surface area (Å²) in [7, 11) is -3.69. The summed E-state index contributed by atoms with van der Waals surface area (Å²) in [6.07, 6.45) is 0. The molecule has 20 rings (SSSR count). The van der Waals surface area contributed by atoms with Crippen LogP contribution in [0.3, 0.4) is 0 Å². The normalized spacial score (nSPS) is 11.3. The number of benzene rings is 16. The van der Waals surface area contributed by atoms with Crippen molar-refractivity contribution >= 4 is 138 Å². The minimum Gasteiger partial charge on any atom is -0.423 e. The predicted molar refractivity (Wildman–Crippen MR) is 479 cm³/mol. The summed E-state index contributed by atoms with van der Waals surface area (Å²) in [4.78, 5) is 0. The zero-order valence-corrected chi connectivity index (χ0v) is 63.2. The second-order valence-corrected chi connectivity index (χ2v) is 28.8. The van der Waals surface area contributed by atoms with Crippen LogP contribution in [0.25, 0.3) is 165 Å². The number of para-hydroxylation sites is 5. The number of aryl methyl sites for hydroxylation is 2. The molecule has 0 fully saturated rings. The standard InChI is InChI=1S/2C30H22BNO2.C20H18BNO2.C19H16BNO2/c33-31(34)25-15-11-22(12-16-25)24-14-18-30-28(20-24)27-19-23(21-7-3-1-4-8-21)13-17-29(27)32(30)26-9-5-2-6-10-26;33-31(34)24-17-14-21(15-18-24)23-16-19-30-27(20-23)26-11-5-7-13-29(26)32(30)28-12-6-4-10-25(28)22-8-2-1-3-9-22;1-2-22-19-6-4-3-5-17(19)18-13-15(9-12-20(18)22)14-7-10-16(11-8-14)21(23)24;1-21-18-5-3-2-4-16(18)17-12-14(8-11-19(17)21)13-6-9-15(10-7-13)20(22)23/h2*1-20,33-34H;3-13,23-24H,2H2,1H3;2-12,22-23H,1H3. The van der Waals surface area contributed by atoms with Gasteiger partial charge in [-0.3, -0.25) is 0 Å². The van der Waals surface area contributed by atoms with Gasteiger partial charge in [0.1, 0.15) is 0 Å². The molecular formula is C99H78B4N4O8. The lowest BCUT2D eigenvalue weighted by Gasteiger charge is -2.14. The first-order valence-corrected chi connectivity index (χ1v) is 38.4. The first kappa shape index (κ1) is 74.4. The Hall–Kier alpha value is -13.3. The van der Waals surface area contributed by atoms with E-state index in [9.17, 15) is 40.2 Å². The second kappa shape index (κ2) is 32.4. The highest BCUT2D eigenvalue weighted by molar-refractivity contribution is 6.59. The Labute approximate surface area is 666 Å². The summed E-state index contributed by atoms with van der Waals surface area (Å²) in [6.45, 7) is 3.10. The Morgan fingerprint density at radius 2 is 0.478 bits per heavy atom. The largest absolute Gasteiger partial charge is 0.488 e. The summed E-state index contributed by atoms with van der Waals surface area (Å²) < 4.78 is 9.20. The highest BCUT2D eigenvalue weighted by atomic mass is 16.4. The first-order chi connectivity index (χ1) is 56.2. The third-order valence-electron chi connectivity index (χ3n) is 22.0. The Morgan fingerprint density at radius 3 is 0.904 bits per heavy atom. The Bertz CT molecular complexity index is 6890. The Kier molecular flexibility index (Phi) is 21.0. The van der Waals surface area contributed by atoms with Crippen molar-refractivity contribution in [1.82, 2.24) is 18.3 Å². The quantitative estimate of drug-likeness (QED) is 0.0525. The minimum atomic E-state index is -1.46. The summed E-state index contributed by atoms with van der Waals surface area (Å²) in [5.74, 6) is 0. The molecule has 0 atom stereocenters. The summed E-state index contributed by atoms with van der Waals surface area (Å²) in [5.41, 5.74) is 27.2. The molecule has 0 aliphatic rings. The van der Waals surface area contributed by atoms with Crippen LogP contribution in [0.15, 0.2) is 376 Å². The average molecular weight is 1490 g/mol. The van der Waals surface area contributed by atoms with Gasteiger partial charge in [-0.15, -0.1) is 0 Å². The minimum absolute atomic E-state index is 0.484. The van der Waals surface area contributed by atoms with Crippen molar-refractivity contribution in [3.63, 3.8) is 0 Å². The SMILES string of the molecule is CCn1c2ccccc2c2cc(-c3ccc(B(O)O)cc3)ccc21.Cn1c2ccccc2c2cc(-c3ccc(B(O)O)cc3)ccc21.OB(O)c1ccc(-c2ccc3c(c2)c2cc(-c4ccccc4)ccc2n3-c2ccccc2)cc1.OB(O)c1ccc(-c2ccc3c(c2)c2ccccc2n3-c2ccccc2-c2ccccc2)cc1. The van der Waals surface area contributed by atoms with Gasteiger partial charge in [0.05, 0.1) is 27.8 Å². The topological polar surface area (TPSA) is 182 Å². The Balaban J connectivity index is 0.000000112. The monoisotopic (exact) mass is 1490 g/mol. The summed E-state index contributed by atoms with van der Waals surface area (Å²) >= 11 is 0. The van der Waals surface area contributed by atoms with Crippen molar-refractivity contribution in [3.8, 4) is 78.1 Å². The van der Waals surface area contributed by atoms with Crippen molar-refractivity contribution in [2.45, 2.75) is 13.5 Å². The van der Waals surface area contributed by atoms with E-state index in [4.69, 9.17) is 0 Å². The molecule has 16 heteroatoms. The van der Waals surface area contributed by atoms with Crippen LogP contribution < -0.4 is 21.9 Å². The van der Waals surface area contributed by atoms with Gasteiger partial charge in [-0.05, 0) is 187 Å². The van der Waals surface area contributed by atoms with Gasteiger partial charge in [-0.25, -0.2) is 0 Å². The van der Waals surface area contributed by atoms with Crippen molar-refractivity contribution < 1.29 is 40.2 Å². The molecular weight excluding hydrogens is 1420 g/mol. The maximum atomic E-state index is 9.43. The van der Waals surface area contributed by atoms with Gasteiger partial charge in [-0.1, -0.05) is 279 Å². The fourth-order valence-electron chi connectivity index (χ4n) is 16.1. The molecule has 8 N–H and O–H groups in total. The van der Waals surface area contributed by atoms with E-state index in [0.717, 1.165) is 84.5 Å². The van der Waals surface area contributed by atoms with Crippen LogP contribution >= 0.6 is 0 Å². The average Bonchev–Trinajstić information content (AvgIpc) is 1.60. The van der Waals surface area contributed by atoms with Gasteiger partial charge >= 0.3 is 28.5 Å². The molecule has 0 spiro atoms. The van der Waals surface area contributed by atoms with E-state index in [1.807, 2.05) is 66.7 Å². The smallest absolute Gasteiger partial charge is 0.423 e. The molecule has 4 aromatic heterocycles. The maximum absolute atomic E-state index is 9.43. The molecule has 4 heterocycles. The number of aromatic nitrogens is 4. The molecule has 0 saturated heterocycles. The molecule has 0 unspecified atom stereocenters. The van der Waals surface area contributed by atoms with Gasteiger partial charge in [0.15, 0.2) is 0 Å². The predicted octanol–water partition coefficient (Wildman–Crippen LogP) is 17.4. The zero-order valence-electron chi connectivity index (χ0n) is 63.2. The van der Waals surface area contributed by atoms with E-state index in [1.54, 1.807) is 48.5 Å². The lowest BCUT2D eigenvalue weighted by molar-refractivity contribution is 0.424. The molecule has 12 nitrogen and oxygen atoms in total. The fraction of sp³-hybridized carbons (Fsp3) is 0.0303. The molecule has 554 valence electrons. The van der Waals surface area contributed by atoms with Crippen molar-refractivity contribution in [3.05, 3.63) is 376 Å². The van der Waals surface area contributed by atoms with E-state index >= 15 is 0 Å². The van der Waals surface area contributed by atoms with Crippen LogP contribution in [-0.2, 0) is 13.6 Å². The molecule has 20 aromatic rings. The third-order valence-corrected chi connectivity index (χ3v) is 22.0. The van der Waals surface area contributed by atoms with Crippen LogP contribution in [0.2, 0.25) is 0 Å². The van der Waals surface area contributed by atoms with E-state index in [1.165, 1.54) is 87.4 Å². The van der Waals surface area contributed by atoms with Crippen LogP contribution in [-0.4, -0.2) is 86.9 Å². The Morgan fingerprint density at radius 1 is 0.217 bits per heavy atom. The van der Waals surface area contributed by atoms with Gasteiger partial charge < -0.3 is 58.5 Å². The van der Waals surface area contributed by atoms with Gasteiger partial charge in [0, 0.05) is 90.0 Å². The van der Waals surface area contributed by atoms with Crippen LogP contribution in [0.1, 0.15) is 6.92 Å². The number of hydrogen-bond donors (Lipinski definition) is 8. The second-order valence-electron chi connectivity index (χ2n) is 28.8. The van der Waals surface area contributed by atoms with E-state index in [0.29, 0.717) is 21.9 Å². The van der Waals surface area contributed by atoms with E-state index < -0.39 is 28.5 Å². The molecule has 0 aliphatic carbocycles. The molecule has 0 radical (unpaired) electrons. The third kappa shape index (κ3) is 14.8. The number of nitrogens with zero attached hydrogens (tertiary/aromatic N) is 4.